The number of carbonyl (C=O) groups is 2. The molecule has 0 bridgehead atoms. The molecule has 1 aliphatic carbocycles. The number of aromatic amines is 1. The van der Waals surface area contributed by atoms with Gasteiger partial charge < -0.3 is 15.0 Å². The molecule has 0 saturated heterocycles. The summed E-state index contributed by atoms with van der Waals surface area (Å²) in [6.45, 7) is 0.579. The van der Waals surface area contributed by atoms with E-state index in [2.05, 4.69) is 15.5 Å². The van der Waals surface area contributed by atoms with E-state index in [-0.39, 0.29) is 42.7 Å². The molecule has 3 aromatic rings. The fraction of sp³-hybridized carbons (Fsp3) is 0.320. The van der Waals surface area contributed by atoms with Crippen LogP contribution in [-0.2, 0) is 23.7 Å². The van der Waals surface area contributed by atoms with Crippen LogP contribution >= 0.6 is 0 Å². The van der Waals surface area contributed by atoms with Crippen molar-refractivity contribution in [1.82, 2.24) is 20.4 Å². The minimum absolute atomic E-state index is 0.0460. The largest absolute Gasteiger partial charge is 0.496 e. The fourth-order valence-corrected chi connectivity index (χ4v) is 4.89. The normalized spacial score (nSPS) is 18.9. The number of carbonyl (C=O) groups excluding carboxylic acids is 2. The Morgan fingerprint density at radius 1 is 1.38 bits per heavy atom. The molecule has 2 aliphatic rings. The van der Waals surface area contributed by atoms with Gasteiger partial charge in [-0.2, -0.15) is 5.10 Å². The highest BCUT2D eigenvalue weighted by molar-refractivity contribution is 6.07. The fourth-order valence-electron chi connectivity index (χ4n) is 4.89. The first-order valence-electron chi connectivity index (χ1n) is 11.0. The molecule has 1 atom stereocenters. The standard InChI is InChI=1S/C25H24F2N4O3/c1-31-13-15(6-7-21(31)32)17-10-18(22-19(12-29-30-22)23(17)34-2)24(33)28-11-14-4-3-5-20-16(14)8-9-25(20,26)27/h3-7,10,12,15H,8-9,11,13H2,1-2H3,(H,28,33)(H,29,30). The smallest absolute Gasteiger partial charge is 0.273 e. The molecule has 0 radical (unpaired) electrons. The first kappa shape index (κ1) is 22.1. The zero-order valence-electron chi connectivity index (χ0n) is 18.8. The molecule has 1 unspecified atom stereocenters. The van der Waals surface area contributed by atoms with Crippen LogP contribution in [0, 0.1) is 0 Å². The first-order valence-corrected chi connectivity index (χ1v) is 11.0. The number of methoxy groups -OCH3 is 1. The van der Waals surface area contributed by atoms with Gasteiger partial charge in [0.2, 0.25) is 5.91 Å². The number of rotatable bonds is 5. The second-order valence-electron chi connectivity index (χ2n) is 8.72. The number of halogens is 2. The zero-order chi connectivity index (χ0) is 24.0. The number of amides is 2. The Morgan fingerprint density at radius 3 is 2.97 bits per heavy atom. The number of H-pyrrole nitrogens is 1. The predicted molar refractivity (Wildman–Crippen MR) is 122 cm³/mol. The molecule has 34 heavy (non-hydrogen) atoms. The Hall–Kier alpha value is -3.75. The van der Waals surface area contributed by atoms with Crippen molar-refractivity contribution in [3.05, 3.63) is 70.4 Å². The lowest BCUT2D eigenvalue weighted by molar-refractivity contribution is -0.125. The Bertz CT molecular complexity index is 1330. The van der Waals surface area contributed by atoms with Crippen LogP contribution in [0.2, 0.25) is 0 Å². The van der Waals surface area contributed by atoms with Gasteiger partial charge in [-0.1, -0.05) is 24.3 Å². The van der Waals surface area contributed by atoms with Gasteiger partial charge in [-0.15, -0.1) is 0 Å². The van der Waals surface area contributed by atoms with E-state index in [4.69, 9.17) is 4.74 Å². The number of nitrogens with zero attached hydrogens (tertiary/aromatic N) is 2. The maximum Gasteiger partial charge on any atom is 0.273 e. The number of hydrogen-bond donors (Lipinski definition) is 2. The number of fused-ring (bicyclic) bond motifs is 2. The summed E-state index contributed by atoms with van der Waals surface area (Å²) in [4.78, 5) is 26.8. The third-order valence-corrected chi connectivity index (χ3v) is 6.68. The molecule has 1 aliphatic heterocycles. The lowest BCUT2D eigenvalue weighted by Crippen LogP contribution is -2.32. The van der Waals surface area contributed by atoms with Crippen molar-refractivity contribution in [3.8, 4) is 5.75 Å². The van der Waals surface area contributed by atoms with E-state index in [0.717, 1.165) is 5.56 Å². The van der Waals surface area contributed by atoms with E-state index in [1.165, 1.54) is 12.1 Å². The lowest BCUT2D eigenvalue weighted by Gasteiger charge is -2.27. The number of aromatic nitrogens is 2. The van der Waals surface area contributed by atoms with Crippen molar-refractivity contribution in [2.45, 2.75) is 31.2 Å². The molecule has 2 aromatic carbocycles. The molecule has 5 rings (SSSR count). The van der Waals surface area contributed by atoms with E-state index < -0.39 is 5.92 Å². The average molecular weight is 466 g/mol. The minimum atomic E-state index is -2.83. The van der Waals surface area contributed by atoms with Crippen LogP contribution in [0.3, 0.4) is 0 Å². The van der Waals surface area contributed by atoms with Gasteiger partial charge in [0.1, 0.15) is 5.75 Å². The van der Waals surface area contributed by atoms with Gasteiger partial charge in [0.05, 0.1) is 29.8 Å². The minimum Gasteiger partial charge on any atom is -0.496 e. The van der Waals surface area contributed by atoms with Crippen LogP contribution < -0.4 is 10.1 Å². The molecule has 2 heterocycles. The summed E-state index contributed by atoms with van der Waals surface area (Å²) in [5, 5.41) is 10.5. The molecule has 9 heteroatoms. The molecule has 1 aromatic heterocycles. The van der Waals surface area contributed by atoms with Crippen LogP contribution in [0.4, 0.5) is 8.78 Å². The maximum absolute atomic E-state index is 14.1. The SMILES string of the molecule is COc1c(C2C=CC(=O)N(C)C2)cc(C(=O)NCc2cccc3c2CCC3(F)F)c2[nH]ncc12. The number of ether oxygens (including phenoxy) is 1. The predicted octanol–water partition coefficient (Wildman–Crippen LogP) is 3.65. The summed E-state index contributed by atoms with van der Waals surface area (Å²) in [5.41, 5.74) is 2.99. The molecule has 7 nitrogen and oxygen atoms in total. The van der Waals surface area contributed by atoms with E-state index in [1.807, 2.05) is 0 Å². The Balaban J connectivity index is 1.48. The van der Waals surface area contributed by atoms with Crippen molar-refractivity contribution < 1.29 is 23.1 Å². The highest BCUT2D eigenvalue weighted by Gasteiger charge is 2.39. The molecule has 0 fully saturated rings. The lowest BCUT2D eigenvalue weighted by atomic mass is 9.91. The Morgan fingerprint density at radius 2 is 2.21 bits per heavy atom. The van der Waals surface area contributed by atoms with Crippen molar-refractivity contribution >= 4 is 22.7 Å². The van der Waals surface area contributed by atoms with Crippen LogP contribution in [0.25, 0.3) is 10.9 Å². The Labute approximate surface area is 194 Å². The summed E-state index contributed by atoms with van der Waals surface area (Å²) in [5.74, 6) is -2.85. The third kappa shape index (κ3) is 3.61. The van der Waals surface area contributed by atoms with Crippen LogP contribution in [0.5, 0.6) is 5.75 Å². The second kappa shape index (κ2) is 8.23. The molecule has 2 amide bonds. The molecule has 176 valence electrons. The maximum atomic E-state index is 14.1. The van der Waals surface area contributed by atoms with Crippen molar-refractivity contribution in [1.29, 1.82) is 0 Å². The van der Waals surface area contributed by atoms with Gasteiger partial charge in [0.15, 0.2) is 0 Å². The van der Waals surface area contributed by atoms with Gasteiger partial charge in [0.25, 0.3) is 11.8 Å². The summed E-state index contributed by atoms with van der Waals surface area (Å²) in [6, 6.07) is 6.57. The third-order valence-electron chi connectivity index (χ3n) is 6.68. The number of hydrogen-bond acceptors (Lipinski definition) is 4. The van der Waals surface area contributed by atoms with Crippen molar-refractivity contribution in [3.63, 3.8) is 0 Å². The number of benzene rings is 2. The highest BCUT2D eigenvalue weighted by Crippen LogP contribution is 2.43. The zero-order valence-corrected chi connectivity index (χ0v) is 18.8. The summed E-state index contributed by atoms with van der Waals surface area (Å²) in [7, 11) is 3.27. The average Bonchev–Trinajstić information content (AvgIpc) is 3.43. The quantitative estimate of drug-likeness (QED) is 0.601. The van der Waals surface area contributed by atoms with Gasteiger partial charge >= 0.3 is 0 Å². The van der Waals surface area contributed by atoms with Gasteiger partial charge in [0, 0.05) is 43.6 Å². The monoisotopic (exact) mass is 466 g/mol. The van der Waals surface area contributed by atoms with E-state index in [0.29, 0.717) is 39.9 Å². The van der Waals surface area contributed by atoms with Crippen LogP contribution in [0.1, 0.15) is 45.0 Å². The van der Waals surface area contributed by atoms with Gasteiger partial charge in [-0.25, -0.2) is 8.78 Å². The number of likely N-dealkylation sites (N-methyl/N-ethyl adjacent to an activating group) is 1. The highest BCUT2D eigenvalue weighted by atomic mass is 19.3. The summed E-state index contributed by atoms with van der Waals surface area (Å²) < 4.78 is 33.9. The molecule has 0 spiro atoms. The van der Waals surface area contributed by atoms with E-state index >= 15 is 0 Å². The van der Waals surface area contributed by atoms with Gasteiger partial charge in [-0.3, -0.25) is 14.7 Å². The Kier molecular flexibility index (Phi) is 5.34. The molecule has 0 saturated carbocycles. The van der Waals surface area contributed by atoms with Gasteiger partial charge in [-0.05, 0) is 29.7 Å². The van der Waals surface area contributed by atoms with E-state index in [1.54, 1.807) is 49.5 Å². The van der Waals surface area contributed by atoms with E-state index in [9.17, 15) is 18.4 Å². The second-order valence-corrected chi connectivity index (χ2v) is 8.72. The summed E-state index contributed by atoms with van der Waals surface area (Å²) in [6.07, 6.45) is 4.99. The topological polar surface area (TPSA) is 87.3 Å². The van der Waals surface area contributed by atoms with Crippen molar-refractivity contribution in [2.75, 3.05) is 20.7 Å². The molecule has 2 N–H and O–H groups in total. The van der Waals surface area contributed by atoms with Crippen molar-refractivity contribution in [2.24, 2.45) is 0 Å². The summed E-state index contributed by atoms with van der Waals surface area (Å²) >= 11 is 0. The first-order chi connectivity index (χ1) is 16.3. The number of alkyl halides is 2. The molecular weight excluding hydrogens is 442 g/mol. The van der Waals surface area contributed by atoms with Crippen LogP contribution in [0.15, 0.2) is 42.6 Å². The molecular formula is C25H24F2N4O3. The number of nitrogens with one attached hydrogen (secondary N) is 2. The van der Waals surface area contributed by atoms with Crippen LogP contribution in [-0.4, -0.2) is 47.6 Å².